The van der Waals surface area contributed by atoms with Gasteiger partial charge >= 0.3 is 6.09 Å². The van der Waals surface area contributed by atoms with Gasteiger partial charge in [-0.2, -0.15) is 0 Å². The SMILES string of the molecule is C=Ic1ccccc1COC(=O)NC(C(C)=O)C(C)(C)C. The summed E-state index contributed by atoms with van der Waals surface area (Å²) in [6.45, 7) is 7.39. The molecular formula is C16H22INO3. The molecule has 0 saturated heterocycles. The minimum absolute atomic E-state index is 0.0801. The van der Waals surface area contributed by atoms with E-state index >= 15 is 0 Å². The standard InChI is InChI=1S/C16H22INO3/c1-11(19)14(16(2,3)4)18-15(20)21-10-12-8-6-7-9-13(12)17-5/h6-9,14H,5,10H2,1-4H3,(H,18,20). The van der Waals surface area contributed by atoms with E-state index in [1.165, 1.54) is 6.92 Å². The van der Waals surface area contributed by atoms with E-state index in [1.54, 1.807) is 0 Å². The van der Waals surface area contributed by atoms with E-state index in [2.05, 4.69) is 9.83 Å². The van der Waals surface area contributed by atoms with Crippen LogP contribution in [0.1, 0.15) is 33.3 Å². The Balaban J connectivity index is 2.65. The van der Waals surface area contributed by atoms with Gasteiger partial charge in [0.2, 0.25) is 0 Å². The molecule has 1 N–H and O–H groups in total. The van der Waals surface area contributed by atoms with E-state index in [0.717, 1.165) is 9.13 Å². The van der Waals surface area contributed by atoms with Crippen molar-refractivity contribution in [3.63, 3.8) is 0 Å². The molecule has 0 bridgehead atoms. The highest BCUT2D eigenvalue weighted by Crippen LogP contribution is 2.20. The topological polar surface area (TPSA) is 55.4 Å². The Labute approximate surface area is 136 Å². The number of benzene rings is 1. The molecular weight excluding hydrogens is 381 g/mol. The molecule has 1 unspecified atom stereocenters. The van der Waals surface area contributed by atoms with Gasteiger partial charge in [-0.15, -0.1) is 0 Å². The van der Waals surface area contributed by atoms with Crippen molar-refractivity contribution >= 4 is 37.1 Å². The Morgan fingerprint density at radius 1 is 1.33 bits per heavy atom. The molecule has 0 radical (unpaired) electrons. The molecule has 1 rings (SSSR count). The summed E-state index contributed by atoms with van der Waals surface area (Å²) in [5.41, 5.74) is 0.632. The molecule has 0 spiro atoms. The summed E-state index contributed by atoms with van der Waals surface area (Å²) in [6.07, 6.45) is -0.567. The lowest BCUT2D eigenvalue weighted by atomic mass is 9.85. The number of Topliss-reactive ketones (excluding diaryl/α,β-unsaturated/α-hetero) is 1. The number of alkyl carbamates (subject to hydrolysis) is 1. The average Bonchev–Trinajstić information content (AvgIpc) is 2.41. The van der Waals surface area contributed by atoms with Crippen LogP contribution in [0.15, 0.2) is 24.3 Å². The molecule has 0 aliphatic heterocycles. The van der Waals surface area contributed by atoms with Crippen LogP contribution in [0.5, 0.6) is 0 Å². The number of carbonyl (C=O) groups excluding carboxylic acids is 2. The van der Waals surface area contributed by atoms with Crippen LogP contribution in [0.25, 0.3) is 0 Å². The van der Waals surface area contributed by atoms with Crippen molar-refractivity contribution in [2.45, 2.75) is 40.3 Å². The maximum Gasteiger partial charge on any atom is 0.408 e. The van der Waals surface area contributed by atoms with Gasteiger partial charge in [-0.25, -0.2) is 4.79 Å². The van der Waals surface area contributed by atoms with Crippen molar-refractivity contribution in [2.24, 2.45) is 5.41 Å². The quantitative estimate of drug-likeness (QED) is 0.766. The van der Waals surface area contributed by atoms with Gasteiger partial charge in [0.05, 0.1) is 6.04 Å². The number of ether oxygens (including phenoxy) is 1. The van der Waals surface area contributed by atoms with Crippen molar-refractivity contribution in [3.8, 4) is 0 Å². The Morgan fingerprint density at radius 3 is 2.48 bits per heavy atom. The summed E-state index contributed by atoms with van der Waals surface area (Å²) in [5, 5.41) is 2.65. The van der Waals surface area contributed by atoms with E-state index in [-0.39, 0.29) is 38.5 Å². The minimum Gasteiger partial charge on any atom is -0.445 e. The first-order chi connectivity index (χ1) is 9.75. The summed E-state index contributed by atoms with van der Waals surface area (Å²) < 4.78 is 10.3. The molecule has 0 heterocycles. The number of halogens is 1. The number of hydrogen-bond acceptors (Lipinski definition) is 3. The predicted molar refractivity (Wildman–Crippen MR) is 93.5 cm³/mol. The van der Waals surface area contributed by atoms with Crippen molar-refractivity contribution in [1.29, 1.82) is 0 Å². The van der Waals surface area contributed by atoms with Crippen LogP contribution in [-0.2, 0) is 16.1 Å². The summed E-state index contributed by atoms with van der Waals surface area (Å²) in [6, 6.07) is 7.24. The lowest BCUT2D eigenvalue weighted by Gasteiger charge is -2.28. The average molecular weight is 403 g/mol. The van der Waals surface area contributed by atoms with Crippen molar-refractivity contribution in [1.82, 2.24) is 5.32 Å². The molecule has 5 heteroatoms. The van der Waals surface area contributed by atoms with Crippen molar-refractivity contribution in [3.05, 3.63) is 33.4 Å². The summed E-state index contributed by atoms with van der Waals surface area (Å²) in [5.74, 6) is -0.0801. The zero-order valence-electron chi connectivity index (χ0n) is 12.9. The van der Waals surface area contributed by atoms with Crippen molar-refractivity contribution < 1.29 is 14.3 Å². The fourth-order valence-electron chi connectivity index (χ4n) is 1.98. The number of amides is 1. The third kappa shape index (κ3) is 5.57. The van der Waals surface area contributed by atoms with Crippen LogP contribution in [0.2, 0.25) is 0 Å². The fraction of sp³-hybridized carbons (Fsp3) is 0.438. The second kappa shape index (κ2) is 7.68. The molecule has 0 aliphatic carbocycles. The Morgan fingerprint density at radius 2 is 1.95 bits per heavy atom. The lowest BCUT2D eigenvalue weighted by Crippen LogP contribution is -2.48. The Bertz CT molecular complexity index is 535. The van der Waals surface area contributed by atoms with Gasteiger partial charge in [-0.05, 0) is 18.4 Å². The molecule has 0 aliphatic rings. The normalized spacial score (nSPS) is 12.6. The first kappa shape index (κ1) is 17.8. The van der Waals surface area contributed by atoms with Gasteiger partial charge in [-0.3, -0.25) is 4.79 Å². The molecule has 1 atom stereocenters. The highest BCUT2D eigenvalue weighted by Gasteiger charge is 2.30. The fourth-order valence-corrected chi connectivity index (χ4v) is 3.26. The predicted octanol–water partition coefficient (Wildman–Crippen LogP) is 3.49. The third-order valence-corrected chi connectivity index (χ3v) is 4.87. The van der Waals surface area contributed by atoms with E-state index in [0.29, 0.717) is 0 Å². The largest absolute Gasteiger partial charge is 0.445 e. The Hall–Kier alpha value is -1.24. The maximum absolute atomic E-state index is 11.9. The number of rotatable bonds is 5. The van der Waals surface area contributed by atoms with Gasteiger partial charge in [0.15, 0.2) is 5.78 Å². The van der Waals surface area contributed by atoms with Crippen LogP contribution in [0.4, 0.5) is 4.79 Å². The summed E-state index contributed by atoms with van der Waals surface area (Å²) in [4.78, 5) is 23.5. The molecule has 1 aromatic rings. The molecule has 0 saturated carbocycles. The van der Waals surface area contributed by atoms with Crippen LogP contribution >= 0.6 is 20.7 Å². The molecule has 1 aromatic carbocycles. The van der Waals surface area contributed by atoms with Crippen LogP contribution in [0.3, 0.4) is 0 Å². The highest BCUT2D eigenvalue weighted by molar-refractivity contribution is 14.2. The maximum atomic E-state index is 11.9. The monoisotopic (exact) mass is 403 g/mol. The van der Waals surface area contributed by atoms with E-state index < -0.39 is 12.1 Å². The van der Waals surface area contributed by atoms with Crippen LogP contribution in [0, 0.1) is 8.99 Å². The van der Waals surface area contributed by atoms with Crippen molar-refractivity contribution in [2.75, 3.05) is 0 Å². The van der Waals surface area contributed by atoms with Crippen LogP contribution < -0.4 is 5.32 Å². The van der Waals surface area contributed by atoms with Gasteiger partial charge in [-0.1, -0.05) is 64.2 Å². The second-order valence-electron chi connectivity index (χ2n) is 5.86. The summed E-state index contributed by atoms with van der Waals surface area (Å²) in [7, 11) is 0. The summed E-state index contributed by atoms with van der Waals surface area (Å²) >= 11 is -0.307. The first-order valence-electron chi connectivity index (χ1n) is 6.65. The van der Waals surface area contributed by atoms with Crippen LogP contribution in [-0.4, -0.2) is 22.4 Å². The number of hydrogen-bond donors (Lipinski definition) is 1. The highest BCUT2D eigenvalue weighted by atomic mass is 127. The molecule has 4 nitrogen and oxygen atoms in total. The molecule has 1 amide bonds. The van der Waals surface area contributed by atoms with E-state index in [4.69, 9.17) is 4.74 Å². The van der Waals surface area contributed by atoms with Gasteiger partial charge < -0.3 is 10.1 Å². The zero-order valence-corrected chi connectivity index (χ0v) is 15.1. The zero-order chi connectivity index (χ0) is 16.0. The molecule has 116 valence electrons. The Kier molecular flexibility index (Phi) is 6.51. The lowest BCUT2D eigenvalue weighted by molar-refractivity contribution is -0.121. The number of ketones is 1. The molecule has 0 aromatic heterocycles. The first-order valence-corrected chi connectivity index (χ1v) is 9.26. The molecule has 21 heavy (non-hydrogen) atoms. The third-order valence-electron chi connectivity index (χ3n) is 3.00. The minimum atomic E-state index is -0.567. The van der Waals surface area contributed by atoms with E-state index in [1.807, 2.05) is 45.0 Å². The van der Waals surface area contributed by atoms with Gasteiger partial charge in [0.25, 0.3) is 0 Å². The van der Waals surface area contributed by atoms with Gasteiger partial charge in [0, 0.05) is 9.13 Å². The van der Waals surface area contributed by atoms with E-state index in [9.17, 15) is 9.59 Å². The number of carbonyl (C=O) groups is 2. The second-order valence-corrected chi connectivity index (χ2v) is 7.78. The van der Waals surface area contributed by atoms with Gasteiger partial charge in [0.1, 0.15) is 6.61 Å². The number of nitrogens with one attached hydrogen (secondary N) is 1. The molecule has 0 fully saturated rings. The smallest absolute Gasteiger partial charge is 0.408 e.